The molecule has 1 rings (SSSR count). The molecule has 1 aromatic rings. The Kier molecular flexibility index (Phi) is 6.30. The van der Waals surface area contributed by atoms with E-state index < -0.39 is 12.1 Å². The average Bonchev–Trinajstić information content (AvgIpc) is 2.39. The molecule has 1 unspecified atom stereocenters. The van der Waals surface area contributed by atoms with E-state index in [1.54, 1.807) is 0 Å². The van der Waals surface area contributed by atoms with Gasteiger partial charge in [0, 0.05) is 12.2 Å². The normalized spacial score (nSPS) is 12.1. The minimum Gasteiger partial charge on any atom is -0.449 e. The third-order valence-electron chi connectivity index (χ3n) is 2.61. The van der Waals surface area contributed by atoms with Gasteiger partial charge in [-0.15, -0.1) is 0 Å². The summed E-state index contributed by atoms with van der Waals surface area (Å²) in [7, 11) is 0. The zero-order valence-corrected chi connectivity index (χ0v) is 13.6. The molecule has 0 saturated heterocycles. The van der Waals surface area contributed by atoms with Crippen molar-refractivity contribution >= 4 is 40.8 Å². The second kappa shape index (κ2) is 7.52. The molecule has 0 aliphatic rings. The minimum atomic E-state index is -0.937. The van der Waals surface area contributed by atoms with Crippen LogP contribution in [0.4, 0.5) is 5.69 Å². The summed E-state index contributed by atoms with van der Waals surface area (Å²) in [6.07, 6.45) is -0.937. The molecule has 0 heterocycles. The lowest BCUT2D eigenvalue weighted by atomic mass is 10.2. The van der Waals surface area contributed by atoms with Crippen LogP contribution >= 0.6 is 23.2 Å². The summed E-state index contributed by atoms with van der Waals surface area (Å²) in [5.41, 5.74) is 5.93. The molecule has 5 nitrogen and oxygen atoms in total. The first-order chi connectivity index (χ1) is 9.72. The number of esters is 1. The highest BCUT2D eigenvalue weighted by atomic mass is 35.5. The van der Waals surface area contributed by atoms with Gasteiger partial charge in [0.15, 0.2) is 6.10 Å². The largest absolute Gasteiger partial charge is 0.449 e. The first-order valence-corrected chi connectivity index (χ1v) is 7.21. The van der Waals surface area contributed by atoms with Crippen molar-refractivity contribution in [2.24, 2.45) is 5.92 Å². The van der Waals surface area contributed by atoms with Crippen LogP contribution in [-0.2, 0) is 9.53 Å². The number of halogens is 2. The quantitative estimate of drug-likeness (QED) is 0.641. The van der Waals surface area contributed by atoms with E-state index in [0.29, 0.717) is 12.5 Å². The highest BCUT2D eigenvalue weighted by molar-refractivity contribution is 6.44. The van der Waals surface area contributed by atoms with E-state index in [-0.39, 0.29) is 27.2 Å². The lowest BCUT2D eigenvalue weighted by Crippen LogP contribution is -2.37. The number of carbonyl (C=O) groups excluding carboxylic acids is 2. The van der Waals surface area contributed by atoms with Crippen LogP contribution in [0.3, 0.4) is 0 Å². The standard InChI is InChI=1S/C14H18Cl2N2O3/c1-7(2)6-18-13(19)8(3)21-14(20)10-4-9(17)5-11(15)12(10)16/h4-5,7-8H,6,17H2,1-3H3,(H,18,19). The first kappa shape index (κ1) is 17.6. The minimum absolute atomic E-state index is 0.0326. The van der Waals surface area contributed by atoms with Crippen LogP contribution in [0.1, 0.15) is 31.1 Å². The van der Waals surface area contributed by atoms with E-state index in [2.05, 4.69) is 5.32 Å². The van der Waals surface area contributed by atoms with Gasteiger partial charge >= 0.3 is 5.97 Å². The van der Waals surface area contributed by atoms with Gasteiger partial charge in [0.1, 0.15) is 0 Å². The van der Waals surface area contributed by atoms with Crippen molar-refractivity contribution in [1.29, 1.82) is 0 Å². The van der Waals surface area contributed by atoms with E-state index in [0.717, 1.165) is 0 Å². The second-order valence-corrected chi connectivity index (χ2v) is 5.84. The highest BCUT2D eigenvalue weighted by Gasteiger charge is 2.22. The van der Waals surface area contributed by atoms with Gasteiger partial charge in [-0.1, -0.05) is 37.0 Å². The Morgan fingerprint density at radius 3 is 2.48 bits per heavy atom. The molecular weight excluding hydrogens is 315 g/mol. The van der Waals surface area contributed by atoms with E-state index in [4.69, 9.17) is 33.7 Å². The molecule has 1 aromatic carbocycles. The average molecular weight is 333 g/mol. The molecular formula is C14H18Cl2N2O3. The van der Waals surface area contributed by atoms with Crippen LogP contribution in [-0.4, -0.2) is 24.5 Å². The van der Waals surface area contributed by atoms with Crippen LogP contribution in [0, 0.1) is 5.92 Å². The molecule has 0 fully saturated rings. The molecule has 0 aliphatic heterocycles. The Balaban J connectivity index is 2.75. The number of nitrogens with two attached hydrogens (primary N) is 1. The van der Waals surface area contributed by atoms with Crippen molar-refractivity contribution in [2.75, 3.05) is 12.3 Å². The molecule has 7 heteroatoms. The van der Waals surface area contributed by atoms with Gasteiger partial charge in [0.2, 0.25) is 0 Å². The maximum atomic E-state index is 12.0. The van der Waals surface area contributed by atoms with E-state index in [1.165, 1.54) is 19.1 Å². The van der Waals surface area contributed by atoms with Crippen LogP contribution in [0.25, 0.3) is 0 Å². The molecule has 0 aromatic heterocycles. The Labute approximate surface area is 133 Å². The summed E-state index contributed by atoms with van der Waals surface area (Å²) in [4.78, 5) is 23.8. The number of anilines is 1. The van der Waals surface area contributed by atoms with Crippen LogP contribution in [0.15, 0.2) is 12.1 Å². The molecule has 0 saturated carbocycles. The molecule has 116 valence electrons. The molecule has 0 radical (unpaired) electrons. The number of nitrogens with one attached hydrogen (secondary N) is 1. The van der Waals surface area contributed by atoms with Gasteiger partial charge in [0.05, 0.1) is 15.6 Å². The van der Waals surface area contributed by atoms with Crippen LogP contribution in [0.5, 0.6) is 0 Å². The van der Waals surface area contributed by atoms with E-state index >= 15 is 0 Å². The smallest absolute Gasteiger partial charge is 0.340 e. The maximum Gasteiger partial charge on any atom is 0.340 e. The van der Waals surface area contributed by atoms with Gasteiger partial charge < -0.3 is 15.8 Å². The maximum absolute atomic E-state index is 12.0. The first-order valence-electron chi connectivity index (χ1n) is 6.45. The number of benzene rings is 1. The topological polar surface area (TPSA) is 81.4 Å². The predicted octanol–water partition coefficient (Wildman–Crippen LogP) is 2.89. The Morgan fingerprint density at radius 1 is 1.29 bits per heavy atom. The highest BCUT2D eigenvalue weighted by Crippen LogP contribution is 2.29. The van der Waals surface area contributed by atoms with Crippen molar-refractivity contribution in [3.63, 3.8) is 0 Å². The summed E-state index contributed by atoms with van der Waals surface area (Å²) >= 11 is 11.8. The summed E-state index contributed by atoms with van der Waals surface area (Å²) in [5.74, 6) is -0.816. The third-order valence-corrected chi connectivity index (χ3v) is 3.41. The molecule has 1 amide bonds. The number of carbonyl (C=O) groups is 2. The number of hydrogen-bond donors (Lipinski definition) is 2. The fourth-order valence-electron chi connectivity index (χ4n) is 1.48. The molecule has 0 spiro atoms. The summed E-state index contributed by atoms with van der Waals surface area (Å²) in [5, 5.41) is 2.88. The van der Waals surface area contributed by atoms with Gasteiger partial charge in [-0.05, 0) is 25.0 Å². The lowest BCUT2D eigenvalue weighted by molar-refractivity contribution is -0.129. The monoisotopic (exact) mass is 332 g/mol. The van der Waals surface area contributed by atoms with Gasteiger partial charge in [-0.2, -0.15) is 0 Å². The van der Waals surface area contributed by atoms with E-state index in [1.807, 2.05) is 13.8 Å². The number of amides is 1. The van der Waals surface area contributed by atoms with Gasteiger partial charge in [-0.3, -0.25) is 4.79 Å². The number of ether oxygens (including phenoxy) is 1. The van der Waals surface area contributed by atoms with Crippen molar-refractivity contribution in [3.8, 4) is 0 Å². The lowest BCUT2D eigenvalue weighted by Gasteiger charge is -2.15. The van der Waals surface area contributed by atoms with Crippen LogP contribution in [0.2, 0.25) is 10.0 Å². The fourth-order valence-corrected chi connectivity index (χ4v) is 1.90. The molecule has 3 N–H and O–H groups in total. The van der Waals surface area contributed by atoms with Crippen molar-refractivity contribution in [3.05, 3.63) is 27.7 Å². The Hall–Kier alpha value is -1.46. The molecule has 1 atom stereocenters. The predicted molar refractivity (Wildman–Crippen MR) is 83.6 cm³/mol. The van der Waals surface area contributed by atoms with Crippen molar-refractivity contribution in [1.82, 2.24) is 5.32 Å². The Bertz CT molecular complexity index is 547. The molecule has 21 heavy (non-hydrogen) atoms. The summed E-state index contributed by atoms with van der Waals surface area (Å²) in [6.45, 7) is 5.91. The number of rotatable bonds is 5. The Morgan fingerprint density at radius 2 is 1.90 bits per heavy atom. The van der Waals surface area contributed by atoms with Gasteiger partial charge in [-0.25, -0.2) is 4.79 Å². The van der Waals surface area contributed by atoms with Crippen LogP contribution < -0.4 is 11.1 Å². The molecule has 0 aliphatic carbocycles. The second-order valence-electron chi connectivity index (χ2n) is 5.05. The van der Waals surface area contributed by atoms with Crippen molar-refractivity contribution < 1.29 is 14.3 Å². The summed E-state index contributed by atoms with van der Waals surface area (Å²) < 4.78 is 5.07. The third kappa shape index (κ3) is 5.10. The zero-order valence-electron chi connectivity index (χ0n) is 12.1. The SMILES string of the molecule is CC(C)CNC(=O)C(C)OC(=O)c1cc(N)cc(Cl)c1Cl. The van der Waals surface area contributed by atoms with Gasteiger partial charge in [0.25, 0.3) is 5.91 Å². The number of nitrogen functional groups attached to an aromatic ring is 1. The number of hydrogen-bond acceptors (Lipinski definition) is 4. The zero-order chi connectivity index (χ0) is 16.2. The summed E-state index contributed by atoms with van der Waals surface area (Å²) in [6, 6.07) is 2.79. The fraction of sp³-hybridized carbons (Fsp3) is 0.429. The van der Waals surface area contributed by atoms with Crippen molar-refractivity contribution in [2.45, 2.75) is 26.9 Å². The van der Waals surface area contributed by atoms with E-state index in [9.17, 15) is 9.59 Å². The molecule has 0 bridgehead atoms.